The molecule has 0 unspecified atom stereocenters. The number of morpholine rings is 1. The molecule has 1 fully saturated rings. The highest BCUT2D eigenvalue weighted by atomic mass is 32.1. The van der Waals surface area contributed by atoms with Crippen molar-refractivity contribution in [2.45, 2.75) is 0 Å². The molecule has 1 amide bonds. The van der Waals surface area contributed by atoms with E-state index < -0.39 is 0 Å². The highest BCUT2D eigenvalue weighted by Crippen LogP contribution is 2.23. The molecule has 1 aromatic rings. The number of nitrogens with zero attached hydrogens (tertiary/aromatic N) is 2. The summed E-state index contributed by atoms with van der Waals surface area (Å²) in [5.41, 5.74) is 1.62. The summed E-state index contributed by atoms with van der Waals surface area (Å²) in [5.74, 6) is 0.0360. The second-order valence-electron chi connectivity index (χ2n) is 4.76. The molecule has 0 saturated carbocycles. The molecular formula is C14H16N2O2S. The van der Waals surface area contributed by atoms with Gasteiger partial charge in [-0.2, -0.15) is 0 Å². The first-order valence-electron chi connectivity index (χ1n) is 6.53. The number of hydrogen-bond acceptors (Lipinski definition) is 4. The van der Waals surface area contributed by atoms with E-state index in [1.165, 1.54) is 0 Å². The Balaban J connectivity index is 1.67. The van der Waals surface area contributed by atoms with Crippen LogP contribution in [0.4, 0.5) is 0 Å². The molecule has 0 spiro atoms. The van der Waals surface area contributed by atoms with Crippen LogP contribution in [0.2, 0.25) is 0 Å². The van der Waals surface area contributed by atoms with Crippen molar-refractivity contribution < 1.29 is 9.53 Å². The minimum absolute atomic E-state index is 0.0360. The van der Waals surface area contributed by atoms with Crippen molar-refractivity contribution in [3.05, 3.63) is 35.4 Å². The summed E-state index contributed by atoms with van der Waals surface area (Å²) in [6, 6.07) is 7.57. The number of fused-ring (bicyclic) bond motifs is 1. The van der Waals surface area contributed by atoms with Gasteiger partial charge in [0.15, 0.2) is 0 Å². The van der Waals surface area contributed by atoms with E-state index in [1.807, 2.05) is 24.3 Å². The van der Waals surface area contributed by atoms with Crippen LogP contribution < -0.4 is 0 Å². The van der Waals surface area contributed by atoms with Gasteiger partial charge in [-0.25, -0.2) is 0 Å². The Morgan fingerprint density at radius 3 is 2.47 bits per heavy atom. The number of thiocarbonyl (C=S) groups is 1. The molecule has 0 radical (unpaired) electrons. The van der Waals surface area contributed by atoms with E-state index >= 15 is 0 Å². The van der Waals surface area contributed by atoms with E-state index in [1.54, 1.807) is 4.90 Å². The van der Waals surface area contributed by atoms with E-state index in [0.29, 0.717) is 11.5 Å². The van der Waals surface area contributed by atoms with E-state index in [0.717, 1.165) is 44.0 Å². The normalized spacial score (nSPS) is 19.9. The fourth-order valence-electron chi connectivity index (χ4n) is 2.51. The molecule has 2 aliphatic heterocycles. The monoisotopic (exact) mass is 276 g/mol. The summed E-state index contributed by atoms with van der Waals surface area (Å²) >= 11 is 5.40. The van der Waals surface area contributed by atoms with E-state index in [-0.39, 0.29) is 5.91 Å². The average molecular weight is 276 g/mol. The second-order valence-corrected chi connectivity index (χ2v) is 5.15. The third-order valence-electron chi connectivity index (χ3n) is 3.62. The van der Waals surface area contributed by atoms with E-state index in [2.05, 4.69) is 4.90 Å². The quantitative estimate of drug-likeness (QED) is 0.775. The van der Waals surface area contributed by atoms with Gasteiger partial charge in [-0.3, -0.25) is 14.6 Å². The summed E-state index contributed by atoms with van der Waals surface area (Å²) in [6.07, 6.45) is 0. The molecule has 1 saturated heterocycles. The van der Waals surface area contributed by atoms with Crippen LogP contribution in [0, 0.1) is 0 Å². The Morgan fingerprint density at radius 2 is 1.79 bits per heavy atom. The van der Waals surface area contributed by atoms with Gasteiger partial charge in [-0.1, -0.05) is 30.4 Å². The second kappa shape index (κ2) is 5.36. The zero-order valence-corrected chi connectivity index (χ0v) is 11.5. The lowest BCUT2D eigenvalue weighted by molar-refractivity contribution is 0.0357. The largest absolute Gasteiger partial charge is 0.379 e. The molecule has 3 rings (SSSR count). The molecule has 4 nitrogen and oxygen atoms in total. The Labute approximate surface area is 117 Å². The number of amides is 1. The summed E-state index contributed by atoms with van der Waals surface area (Å²) in [5, 5.41) is 0. The van der Waals surface area contributed by atoms with Crippen molar-refractivity contribution in [2.75, 3.05) is 39.4 Å². The predicted octanol–water partition coefficient (Wildman–Crippen LogP) is 1.15. The van der Waals surface area contributed by atoms with Crippen molar-refractivity contribution in [1.82, 2.24) is 9.80 Å². The van der Waals surface area contributed by atoms with Gasteiger partial charge in [0.1, 0.15) is 4.99 Å². The maximum atomic E-state index is 12.3. The summed E-state index contributed by atoms with van der Waals surface area (Å²) in [7, 11) is 0. The number of ether oxygens (including phenoxy) is 1. The van der Waals surface area contributed by atoms with Crippen LogP contribution in [-0.4, -0.2) is 60.1 Å². The zero-order valence-electron chi connectivity index (χ0n) is 10.7. The molecular weight excluding hydrogens is 260 g/mol. The Kier molecular flexibility index (Phi) is 3.59. The van der Waals surface area contributed by atoms with Gasteiger partial charge in [-0.05, 0) is 6.07 Å². The topological polar surface area (TPSA) is 32.8 Å². The number of rotatable bonds is 3. The van der Waals surface area contributed by atoms with Gasteiger partial charge >= 0.3 is 0 Å². The summed E-state index contributed by atoms with van der Waals surface area (Å²) in [4.78, 5) is 17.0. The third-order valence-corrected chi connectivity index (χ3v) is 4.06. The molecule has 0 aliphatic carbocycles. The molecule has 0 atom stereocenters. The maximum absolute atomic E-state index is 12.3. The minimum Gasteiger partial charge on any atom is -0.379 e. The van der Waals surface area contributed by atoms with Crippen LogP contribution in [0.5, 0.6) is 0 Å². The molecule has 0 bridgehead atoms. The van der Waals surface area contributed by atoms with Crippen LogP contribution in [0.25, 0.3) is 0 Å². The van der Waals surface area contributed by atoms with Gasteiger partial charge < -0.3 is 4.74 Å². The molecule has 100 valence electrons. The average Bonchev–Trinajstić information content (AvgIpc) is 2.71. The van der Waals surface area contributed by atoms with Crippen LogP contribution >= 0.6 is 12.2 Å². The lowest BCUT2D eigenvalue weighted by Crippen LogP contribution is -2.42. The van der Waals surface area contributed by atoms with Gasteiger partial charge in [-0.15, -0.1) is 0 Å². The van der Waals surface area contributed by atoms with Crippen molar-refractivity contribution in [1.29, 1.82) is 0 Å². The van der Waals surface area contributed by atoms with Crippen LogP contribution in [0.1, 0.15) is 15.9 Å². The SMILES string of the molecule is O=C1c2ccccc2C(=S)N1CCN1CCOCC1. The molecule has 5 heteroatoms. The third kappa shape index (κ3) is 2.41. The Hall–Kier alpha value is -1.30. The number of hydrogen-bond donors (Lipinski definition) is 0. The van der Waals surface area contributed by atoms with Crippen molar-refractivity contribution in [3.63, 3.8) is 0 Å². The molecule has 0 N–H and O–H groups in total. The molecule has 0 aromatic heterocycles. The first-order chi connectivity index (χ1) is 9.27. The lowest BCUT2D eigenvalue weighted by atomic mass is 10.1. The van der Waals surface area contributed by atoms with Gasteiger partial charge in [0.05, 0.1) is 18.8 Å². The number of benzene rings is 1. The minimum atomic E-state index is 0.0360. The van der Waals surface area contributed by atoms with Crippen LogP contribution in [-0.2, 0) is 4.74 Å². The molecule has 2 heterocycles. The Morgan fingerprint density at radius 1 is 1.11 bits per heavy atom. The fraction of sp³-hybridized carbons (Fsp3) is 0.429. The number of carbonyl (C=O) groups excluding carboxylic acids is 1. The highest BCUT2D eigenvalue weighted by Gasteiger charge is 2.31. The standard InChI is InChI=1S/C14H16N2O2S/c17-13-11-3-1-2-4-12(11)14(19)16(13)6-5-15-7-9-18-10-8-15/h1-4H,5-10H2. The summed E-state index contributed by atoms with van der Waals surface area (Å²) in [6.45, 7) is 4.93. The predicted molar refractivity (Wildman–Crippen MR) is 76.4 cm³/mol. The highest BCUT2D eigenvalue weighted by molar-refractivity contribution is 7.80. The van der Waals surface area contributed by atoms with Crippen molar-refractivity contribution in [3.8, 4) is 0 Å². The fourth-order valence-corrected chi connectivity index (χ4v) is 2.86. The number of carbonyl (C=O) groups is 1. The van der Waals surface area contributed by atoms with Crippen molar-refractivity contribution in [2.24, 2.45) is 0 Å². The van der Waals surface area contributed by atoms with Gasteiger partial charge in [0.2, 0.25) is 0 Å². The van der Waals surface area contributed by atoms with Crippen molar-refractivity contribution >= 4 is 23.1 Å². The maximum Gasteiger partial charge on any atom is 0.259 e. The van der Waals surface area contributed by atoms with Gasteiger partial charge in [0.25, 0.3) is 5.91 Å². The first kappa shape index (κ1) is 12.7. The van der Waals surface area contributed by atoms with E-state index in [9.17, 15) is 4.79 Å². The molecule has 2 aliphatic rings. The molecule has 1 aromatic carbocycles. The first-order valence-corrected chi connectivity index (χ1v) is 6.93. The van der Waals surface area contributed by atoms with Gasteiger partial charge in [0, 0.05) is 31.7 Å². The Bertz CT molecular complexity index is 477. The smallest absolute Gasteiger partial charge is 0.259 e. The van der Waals surface area contributed by atoms with Crippen LogP contribution in [0.15, 0.2) is 24.3 Å². The summed E-state index contributed by atoms with van der Waals surface area (Å²) < 4.78 is 5.32. The molecule has 19 heavy (non-hydrogen) atoms. The van der Waals surface area contributed by atoms with E-state index in [4.69, 9.17) is 17.0 Å². The zero-order chi connectivity index (χ0) is 13.2. The lowest BCUT2D eigenvalue weighted by Gasteiger charge is -2.28. The van der Waals surface area contributed by atoms with Crippen LogP contribution in [0.3, 0.4) is 0 Å².